The average Bonchev–Trinajstić information content (AvgIpc) is 3.21. The molecule has 0 unspecified atom stereocenters. The van der Waals surface area contributed by atoms with Crippen molar-refractivity contribution >= 4 is 23.0 Å². The minimum Gasteiger partial charge on any atom is -0.405 e. The lowest BCUT2D eigenvalue weighted by atomic mass is 10.2. The summed E-state index contributed by atoms with van der Waals surface area (Å²) in [5.41, 5.74) is 6.74. The zero-order chi connectivity index (χ0) is 21.8. The molecule has 0 radical (unpaired) electrons. The fourth-order valence-corrected chi connectivity index (χ4v) is 3.02. The van der Waals surface area contributed by atoms with E-state index in [2.05, 4.69) is 15.2 Å². The first-order valence-electron chi connectivity index (χ1n) is 9.18. The lowest BCUT2D eigenvalue weighted by Gasteiger charge is -2.10. The number of hydrogen-bond acceptors (Lipinski definition) is 5. The Kier molecular flexibility index (Phi) is 5.72. The highest BCUT2D eigenvalue weighted by atomic mass is 35.5. The molecule has 7 nitrogen and oxygen atoms in total. The highest BCUT2D eigenvalue weighted by Gasteiger charge is 2.13. The second-order valence-corrected chi connectivity index (χ2v) is 6.84. The van der Waals surface area contributed by atoms with Crippen LogP contribution >= 0.6 is 11.6 Å². The van der Waals surface area contributed by atoms with Gasteiger partial charge in [0.2, 0.25) is 5.43 Å². The molecule has 2 heterocycles. The highest BCUT2D eigenvalue weighted by molar-refractivity contribution is 6.30. The molecule has 0 aliphatic carbocycles. The zero-order valence-corrected chi connectivity index (χ0v) is 16.8. The van der Waals surface area contributed by atoms with Crippen LogP contribution in [0.25, 0.3) is 11.4 Å². The smallest absolute Gasteiger partial charge is 0.209 e. The Morgan fingerprint density at radius 1 is 1.13 bits per heavy atom. The number of aliphatic imine (C=N–C) groups is 1. The van der Waals surface area contributed by atoms with E-state index in [0.29, 0.717) is 16.4 Å². The van der Waals surface area contributed by atoms with Crippen molar-refractivity contribution in [1.29, 1.82) is 0 Å². The van der Waals surface area contributed by atoms with Crippen molar-refractivity contribution < 1.29 is 4.39 Å². The van der Waals surface area contributed by atoms with Crippen LogP contribution < -0.4 is 11.2 Å². The molecule has 154 valence electrons. The Morgan fingerprint density at radius 2 is 1.94 bits per heavy atom. The predicted molar refractivity (Wildman–Crippen MR) is 118 cm³/mol. The van der Waals surface area contributed by atoms with Gasteiger partial charge in [0.25, 0.3) is 0 Å². The third-order valence-electron chi connectivity index (χ3n) is 4.30. The highest BCUT2D eigenvalue weighted by Crippen LogP contribution is 2.18. The molecule has 0 spiro atoms. The summed E-state index contributed by atoms with van der Waals surface area (Å²) in [5, 5.41) is 8.81. The first-order chi connectivity index (χ1) is 15.0. The van der Waals surface area contributed by atoms with Crippen molar-refractivity contribution in [3.8, 4) is 11.4 Å². The summed E-state index contributed by atoms with van der Waals surface area (Å²) in [5.74, 6) is -0.554. The van der Waals surface area contributed by atoms with Crippen LogP contribution in [0.5, 0.6) is 0 Å². The van der Waals surface area contributed by atoms with Crippen LogP contribution in [0.2, 0.25) is 5.02 Å². The van der Waals surface area contributed by atoms with Gasteiger partial charge < -0.3 is 5.73 Å². The number of allylic oxidation sites excluding steroid dienone is 1. The Bertz CT molecular complexity index is 1340. The Labute approximate surface area is 181 Å². The Morgan fingerprint density at radius 3 is 2.61 bits per heavy atom. The first kappa shape index (κ1) is 20.2. The molecule has 2 aromatic heterocycles. The van der Waals surface area contributed by atoms with Gasteiger partial charge in [0.1, 0.15) is 5.69 Å². The Hall–Kier alpha value is -4.04. The van der Waals surface area contributed by atoms with E-state index in [9.17, 15) is 9.18 Å². The van der Waals surface area contributed by atoms with E-state index in [1.807, 2.05) is 18.2 Å². The van der Waals surface area contributed by atoms with Crippen molar-refractivity contribution in [1.82, 2.24) is 19.6 Å². The van der Waals surface area contributed by atoms with E-state index in [1.165, 1.54) is 52.2 Å². The SMILES string of the molecule is NC=CC(=Nc1ccccc1)c1nn(-c2ccc(-n3cc(Cl)cn3)cc2F)ccc1=O. The van der Waals surface area contributed by atoms with Gasteiger partial charge in [-0.25, -0.2) is 18.7 Å². The van der Waals surface area contributed by atoms with E-state index in [4.69, 9.17) is 17.3 Å². The number of hydrogen-bond donors (Lipinski definition) is 1. The summed E-state index contributed by atoms with van der Waals surface area (Å²) >= 11 is 5.88. The molecule has 0 saturated carbocycles. The summed E-state index contributed by atoms with van der Waals surface area (Å²) in [7, 11) is 0. The van der Waals surface area contributed by atoms with Crippen molar-refractivity contribution in [3.05, 3.63) is 112 Å². The molecule has 9 heteroatoms. The molecule has 2 N–H and O–H groups in total. The Balaban J connectivity index is 1.77. The normalized spacial score (nSPS) is 11.9. The lowest BCUT2D eigenvalue weighted by Crippen LogP contribution is -2.21. The quantitative estimate of drug-likeness (QED) is 0.483. The molecule has 0 aliphatic heterocycles. The number of halogens is 2. The fourth-order valence-electron chi connectivity index (χ4n) is 2.89. The molecule has 4 aromatic rings. The molecule has 4 rings (SSSR count). The van der Waals surface area contributed by atoms with Crippen molar-refractivity contribution in [3.63, 3.8) is 0 Å². The molecule has 0 saturated heterocycles. The zero-order valence-electron chi connectivity index (χ0n) is 16.1. The van der Waals surface area contributed by atoms with Gasteiger partial charge >= 0.3 is 0 Å². The van der Waals surface area contributed by atoms with Gasteiger partial charge in [-0.05, 0) is 36.5 Å². The molecular weight excluding hydrogens is 419 g/mol. The summed E-state index contributed by atoms with van der Waals surface area (Å²) in [6.07, 6.45) is 7.16. The van der Waals surface area contributed by atoms with Crippen molar-refractivity contribution in [2.75, 3.05) is 0 Å². The molecule has 2 aromatic carbocycles. The van der Waals surface area contributed by atoms with Gasteiger partial charge in [0, 0.05) is 24.5 Å². The van der Waals surface area contributed by atoms with Gasteiger partial charge in [-0.1, -0.05) is 29.8 Å². The minimum absolute atomic E-state index is 0.0374. The third kappa shape index (κ3) is 4.44. The maximum atomic E-state index is 14.9. The van der Waals surface area contributed by atoms with Gasteiger partial charge in [0.15, 0.2) is 11.5 Å². The molecule has 0 bridgehead atoms. The monoisotopic (exact) mass is 434 g/mol. The summed E-state index contributed by atoms with van der Waals surface area (Å²) in [6.45, 7) is 0. The van der Waals surface area contributed by atoms with E-state index in [-0.39, 0.29) is 22.5 Å². The van der Waals surface area contributed by atoms with Crippen LogP contribution in [0.3, 0.4) is 0 Å². The summed E-state index contributed by atoms with van der Waals surface area (Å²) in [6, 6.07) is 14.9. The number of aromatic nitrogens is 4. The number of rotatable bonds is 5. The maximum absolute atomic E-state index is 14.9. The van der Waals surface area contributed by atoms with Gasteiger partial charge in [0.05, 0.1) is 28.3 Å². The fraction of sp³-hybridized carbons (Fsp3) is 0. The third-order valence-corrected chi connectivity index (χ3v) is 4.50. The maximum Gasteiger partial charge on any atom is 0.209 e. The van der Waals surface area contributed by atoms with Crippen LogP contribution in [-0.4, -0.2) is 25.3 Å². The standard InChI is InChI=1S/C22H16ClFN6O/c23-15-13-26-30(14-15)17-6-7-20(18(24)12-17)29-11-9-21(31)22(28-29)19(8-10-25)27-16-4-2-1-3-5-16/h1-14H,25H2. The molecule has 31 heavy (non-hydrogen) atoms. The topological polar surface area (TPSA) is 91.1 Å². The number of nitrogens with two attached hydrogens (primary N) is 1. The second-order valence-electron chi connectivity index (χ2n) is 6.40. The average molecular weight is 435 g/mol. The van der Waals surface area contributed by atoms with Crippen LogP contribution in [0.15, 0.2) is 95.3 Å². The van der Waals surface area contributed by atoms with Gasteiger partial charge in [-0.3, -0.25) is 4.79 Å². The van der Waals surface area contributed by atoms with Crippen molar-refractivity contribution in [2.24, 2.45) is 10.7 Å². The molecule has 0 atom stereocenters. The van der Waals surface area contributed by atoms with E-state index >= 15 is 0 Å². The minimum atomic E-state index is -0.554. The number of benzene rings is 2. The van der Waals surface area contributed by atoms with Gasteiger partial charge in [-0.15, -0.1) is 0 Å². The number of para-hydroxylation sites is 1. The summed E-state index contributed by atoms with van der Waals surface area (Å²) in [4.78, 5) is 16.9. The lowest BCUT2D eigenvalue weighted by molar-refractivity contribution is 0.606. The van der Waals surface area contributed by atoms with E-state index < -0.39 is 5.82 Å². The molecule has 0 aliphatic rings. The van der Waals surface area contributed by atoms with Crippen LogP contribution in [0.1, 0.15) is 5.69 Å². The number of nitrogens with zero attached hydrogens (tertiary/aromatic N) is 5. The molecule has 0 amide bonds. The van der Waals surface area contributed by atoms with Crippen molar-refractivity contribution in [2.45, 2.75) is 0 Å². The predicted octanol–water partition coefficient (Wildman–Crippen LogP) is 3.80. The summed E-state index contributed by atoms with van der Waals surface area (Å²) < 4.78 is 17.6. The van der Waals surface area contributed by atoms with E-state index in [0.717, 1.165) is 0 Å². The van der Waals surface area contributed by atoms with Crippen LogP contribution in [0.4, 0.5) is 10.1 Å². The largest absolute Gasteiger partial charge is 0.405 e. The van der Waals surface area contributed by atoms with E-state index in [1.54, 1.807) is 24.4 Å². The molecular formula is C22H16ClFN6O. The van der Waals surface area contributed by atoms with Crippen LogP contribution in [-0.2, 0) is 0 Å². The second kappa shape index (κ2) is 8.76. The van der Waals surface area contributed by atoms with Crippen LogP contribution in [0, 0.1) is 5.82 Å². The first-order valence-corrected chi connectivity index (χ1v) is 9.56. The molecule has 0 fully saturated rings. The van der Waals surface area contributed by atoms with Gasteiger partial charge in [-0.2, -0.15) is 10.2 Å².